The Kier molecular flexibility index (Phi) is 7.54. The van der Waals surface area contributed by atoms with Crippen molar-refractivity contribution in [2.45, 2.75) is 30.4 Å². The fourth-order valence-corrected chi connectivity index (χ4v) is 14.8. The van der Waals surface area contributed by atoms with Gasteiger partial charge in [-0.2, -0.15) is 0 Å². The Bertz CT molecular complexity index is 3590. The van der Waals surface area contributed by atoms with Gasteiger partial charge in [0.05, 0.1) is 27.9 Å². The summed E-state index contributed by atoms with van der Waals surface area (Å²) in [6.07, 6.45) is 0. The van der Waals surface area contributed by atoms with Crippen molar-refractivity contribution in [1.82, 2.24) is 0 Å². The van der Waals surface area contributed by atoms with Crippen LogP contribution in [0.3, 0.4) is 0 Å². The molecule has 4 heteroatoms. The van der Waals surface area contributed by atoms with Gasteiger partial charge in [-0.05, 0) is 104 Å². The quantitative estimate of drug-likeness (QED) is 0.176. The molecule has 2 nitrogen and oxygen atoms in total. The molecule has 0 amide bonds. The molecule has 308 valence electrons. The standard InChI is InChI=1S/C62H37NOS2/c1-4-22-42-40(19-1)58-48(61(42)44-24-6-11-34-54(44)65-55-35-12-7-25-45(55)61)28-16-30-50(58)63(52-32-15-21-39-38-18-3-10-33-53(38)64-60(39)52)51-31-17-29-49-59(51)41-20-2-5-23-43(41)62(49)46-26-8-13-36-56(46)66-57-37-14-9-27-47(57)62/h1-37H. The Hall–Kier alpha value is -7.50. The number of furan rings is 1. The lowest BCUT2D eigenvalue weighted by atomic mass is 9.67. The molecule has 0 fully saturated rings. The van der Waals surface area contributed by atoms with Crippen molar-refractivity contribution in [1.29, 1.82) is 0 Å². The molecule has 0 N–H and O–H groups in total. The lowest BCUT2D eigenvalue weighted by Gasteiger charge is -2.40. The summed E-state index contributed by atoms with van der Waals surface area (Å²) in [5.41, 5.74) is 19.4. The number of hydrogen-bond acceptors (Lipinski definition) is 4. The largest absolute Gasteiger partial charge is 0.454 e. The minimum atomic E-state index is -0.528. The second kappa shape index (κ2) is 13.5. The van der Waals surface area contributed by atoms with E-state index in [9.17, 15) is 0 Å². The molecule has 66 heavy (non-hydrogen) atoms. The van der Waals surface area contributed by atoms with Gasteiger partial charge in [-0.15, -0.1) is 0 Å². The third-order valence-corrected chi connectivity index (χ3v) is 17.1. The molecule has 0 bridgehead atoms. The van der Waals surface area contributed by atoms with E-state index in [4.69, 9.17) is 4.42 Å². The molecule has 0 radical (unpaired) electrons. The van der Waals surface area contributed by atoms with Crippen molar-refractivity contribution >= 4 is 62.5 Å². The molecule has 3 heterocycles. The first-order valence-corrected chi connectivity index (χ1v) is 24.3. The van der Waals surface area contributed by atoms with Crippen LogP contribution in [0.2, 0.25) is 0 Å². The van der Waals surface area contributed by atoms with Crippen molar-refractivity contribution in [3.8, 4) is 22.3 Å². The summed E-state index contributed by atoms with van der Waals surface area (Å²) in [4.78, 5) is 7.73. The molecule has 11 aromatic rings. The number of rotatable bonds is 3. The van der Waals surface area contributed by atoms with Gasteiger partial charge in [0.1, 0.15) is 5.58 Å². The first-order chi connectivity index (χ1) is 32.8. The van der Waals surface area contributed by atoms with Gasteiger partial charge in [0, 0.05) is 41.5 Å². The van der Waals surface area contributed by atoms with Crippen LogP contribution in [-0.2, 0) is 10.8 Å². The Morgan fingerprint density at radius 1 is 0.303 bits per heavy atom. The zero-order chi connectivity index (χ0) is 43.1. The maximum atomic E-state index is 7.04. The number of anilines is 3. The smallest absolute Gasteiger partial charge is 0.159 e. The summed E-state index contributed by atoms with van der Waals surface area (Å²) < 4.78 is 7.04. The summed E-state index contributed by atoms with van der Waals surface area (Å²) >= 11 is 3.77. The minimum absolute atomic E-state index is 0.528. The van der Waals surface area contributed by atoms with Crippen molar-refractivity contribution in [2.75, 3.05) is 4.90 Å². The lowest BCUT2D eigenvalue weighted by Crippen LogP contribution is -2.32. The van der Waals surface area contributed by atoms with Crippen molar-refractivity contribution in [3.05, 3.63) is 269 Å². The number of nitrogens with zero attached hydrogens (tertiary/aromatic N) is 1. The fourth-order valence-electron chi connectivity index (χ4n) is 12.4. The molecular weight excluding hydrogens is 839 g/mol. The number of hydrogen-bond donors (Lipinski definition) is 0. The average molecular weight is 876 g/mol. The lowest BCUT2D eigenvalue weighted by molar-refractivity contribution is 0.669. The van der Waals surface area contributed by atoms with Crippen LogP contribution in [-0.4, -0.2) is 0 Å². The first-order valence-electron chi connectivity index (χ1n) is 22.7. The monoisotopic (exact) mass is 875 g/mol. The molecule has 15 rings (SSSR count). The third-order valence-electron chi connectivity index (χ3n) is 14.8. The predicted molar refractivity (Wildman–Crippen MR) is 271 cm³/mol. The fraction of sp³-hybridized carbons (Fsp3) is 0.0323. The molecule has 0 atom stereocenters. The molecule has 4 aliphatic rings. The zero-order valence-corrected chi connectivity index (χ0v) is 37.2. The van der Waals surface area contributed by atoms with Crippen LogP contribution < -0.4 is 4.90 Å². The van der Waals surface area contributed by atoms with Crippen LogP contribution in [0.4, 0.5) is 17.1 Å². The van der Waals surface area contributed by atoms with E-state index in [1.165, 1.54) is 86.3 Å². The van der Waals surface area contributed by atoms with Crippen LogP contribution in [0.1, 0.15) is 44.5 Å². The molecule has 2 aliphatic carbocycles. The van der Waals surface area contributed by atoms with Crippen molar-refractivity contribution in [2.24, 2.45) is 0 Å². The summed E-state index contributed by atoms with van der Waals surface area (Å²) in [7, 11) is 0. The van der Waals surface area contributed by atoms with Gasteiger partial charge in [0.2, 0.25) is 0 Å². The highest BCUT2D eigenvalue weighted by molar-refractivity contribution is 7.99. The van der Waals surface area contributed by atoms with Crippen LogP contribution in [0.15, 0.2) is 248 Å². The summed E-state index contributed by atoms with van der Waals surface area (Å²) in [6.45, 7) is 0. The van der Waals surface area contributed by atoms with Gasteiger partial charge in [-0.25, -0.2) is 0 Å². The van der Waals surface area contributed by atoms with E-state index in [1.807, 2.05) is 23.5 Å². The Labute approximate surface area is 391 Å². The van der Waals surface area contributed by atoms with E-state index in [-0.39, 0.29) is 0 Å². The highest BCUT2D eigenvalue weighted by Crippen LogP contribution is 2.67. The van der Waals surface area contributed by atoms with Gasteiger partial charge in [0.25, 0.3) is 0 Å². The highest BCUT2D eigenvalue weighted by atomic mass is 32.2. The second-order valence-electron chi connectivity index (χ2n) is 17.8. The molecular formula is C62H37NOS2. The van der Waals surface area contributed by atoms with Crippen molar-refractivity contribution < 1.29 is 4.42 Å². The van der Waals surface area contributed by atoms with Gasteiger partial charge in [-0.1, -0.05) is 199 Å². The molecule has 2 spiro atoms. The minimum Gasteiger partial charge on any atom is -0.454 e. The van der Waals surface area contributed by atoms with E-state index >= 15 is 0 Å². The Morgan fingerprint density at radius 2 is 0.667 bits per heavy atom. The normalized spacial score (nSPS) is 14.8. The molecule has 0 saturated carbocycles. The van der Waals surface area contributed by atoms with Gasteiger partial charge >= 0.3 is 0 Å². The van der Waals surface area contributed by atoms with E-state index < -0.39 is 10.8 Å². The highest BCUT2D eigenvalue weighted by Gasteiger charge is 2.53. The summed E-state index contributed by atoms with van der Waals surface area (Å²) in [5, 5.41) is 2.21. The molecule has 2 aliphatic heterocycles. The van der Waals surface area contributed by atoms with E-state index in [1.54, 1.807) is 0 Å². The molecule has 0 unspecified atom stereocenters. The van der Waals surface area contributed by atoms with Crippen LogP contribution in [0.25, 0.3) is 44.2 Å². The second-order valence-corrected chi connectivity index (χ2v) is 19.9. The molecule has 1 aromatic heterocycles. The zero-order valence-electron chi connectivity index (χ0n) is 35.5. The van der Waals surface area contributed by atoms with Gasteiger partial charge in [0.15, 0.2) is 5.58 Å². The predicted octanol–water partition coefficient (Wildman–Crippen LogP) is 16.7. The van der Waals surface area contributed by atoms with Crippen LogP contribution >= 0.6 is 23.5 Å². The first kappa shape index (κ1) is 36.8. The van der Waals surface area contributed by atoms with E-state index in [0.717, 1.165) is 39.0 Å². The van der Waals surface area contributed by atoms with Gasteiger partial charge in [-0.3, -0.25) is 0 Å². The topological polar surface area (TPSA) is 16.4 Å². The van der Waals surface area contributed by atoms with Crippen molar-refractivity contribution in [3.63, 3.8) is 0 Å². The summed E-state index contributed by atoms with van der Waals surface area (Å²) in [5.74, 6) is 0. The van der Waals surface area contributed by atoms with E-state index in [0.29, 0.717) is 0 Å². The number of fused-ring (bicyclic) bond motifs is 21. The maximum Gasteiger partial charge on any atom is 0.159 e. The third kappa shape index (κ3) is 4.55. The van der Waals surface area contributed by atoms with Gasteiger partial charge < -0.3 is 9.32 Å². The van der Waals surface area contributed by atoms with E-state index in [2.05, 4.69) is 229 Å². The maximum absolute atomic E-state index is 7.04. The summed E-state index contributed by atoms with van der Waals surface area (Å²) in [6, 6.07) is 83.8. The number of benzene rings is 10. The number of para-hydroxylation sites is 2. The average Bonchev–Trinajstić information content (AvgIpc) is 4.01. The van der Waals surface area contributed by atoms with Crippen LogP contribution in [0.5, 0.6) is 0 Å². The van der Waals surface area contributed by atoms with Crippen LogP contribution in [0, 0.1) is 0 Å². The Morgan fingerprint density at radius 3 is 1.17 bits per heavy atom. The molecule has 10 aromatic carbocycles. The molecule has 0 saturated heterocycles. The SMILES string of the molecule is c1ccc2c(c1)Sc1ccccc1C21c2ccccc2-c2c(N(c3cccc4c3-c3ccccc3C43c4ccccc4Sc4ccccc43)c3cccc4c3oc3ccccc34)cccc21. The Balaban J connectivity index is 1.09.